The van der Waals surface area contributed by atoms with Crippen LogP contribution in [0, 0.1) is 11.8 Å². The van der Waals surface area contributed by atoms with Gasteiger partial charge in [-0.15, -0.1) is 0 Å². The lowest BCUT2D eigenvalue weighted by molar-refractivity contribution is -0.127. The van der Waals surface area contributed by atoms with Gasteiger partial charge in [0.15, 0.2) is 0 Å². The largest absolute Gasteiger partial charge is 0.376 e. The monoisotopic (exact) mass is 296 g/mol. The summed E-state index contributed by atoms with van der Waals surface area (Å²) in [5.74, 6) is -0.336. The molecule has 2 amide bonds. The average molecular weight is 296 g/mol. The molecule has 0 radical (unpaired) electrons. The van der Waals surface area contributed by atoms with Gasteiger partial charge in [-0.3, -0.25) is 9.59 Å². The standard InChI is InChI=1S/C15H24N2O4/c18-14(16-8-10-3-1-5-20-10)12-7-13(12)15(19)17-9-11-4-2-6-21-11/h10-13H,1-9H2,(H,16,18)(H,17,19). The lowest BCUT2D eigenvalue weighted by atomic mass is 10.2. The van der Waals surface area contributed by atoms with Crippen molar-refractivity contribution in [1.82, 2.24) is 10.6 Å². The van der Waals surface area contributed by atoms with Crippen LogP contribution in [0.1, 0.15) is 32.1 Å². The van der Waals surface area contributed by atoms with Gasteiger partial charge in [0.25, 0.3) is 0 Å². The molecule has 4 atom stereocenters. The van der Waals surface area contributed by atoms with E-state index in [1.807, 2.05) is 0 Å². The summed E-state index contributed by atoms with van der Waals surface area (Å²) in [4.78, 5) is 23.9. The van der Waals surface area contributed by atoms with Crippen LogP contribution >= 0.6 is 0 Å². The quantitative estimate of drug-likeness (QED) is 0.735. The van der Waals surface area contributed by atoms with Crippen molar-refractivity contribution in [3.63, 3.8) is 0 Å². The van der Waals surface area contributed by atoms with Crippen molar-refractivity contribution in [2.45, 2.75) is 44.3 Å². The number of hydrogen-bond acceptors (Lipinski definition) is 4. The van der Waals surface area contributed by atoms with Gasteiger partial charge in [-0.1, -0.05) is 0 Å². The van der Waals surface area contributed by atoms with Gasteiger partial charge >= 0.3 is 0 Å². The van der Waals surface area contributed by atoms with E-state index in [1.165, 1.54) is 0 Å². The van der Waals surface area contributed by atoms with Crippen LogP contribution in [-0.2, 0) is 19.1 Å². The molecule has 0 aromatic heterocycles. The smallest absolute Gasteiger partial charge is 0.224 e. The van der Waals surface area contributed by atoms with Gasteiger partial charge in [0.1, 0.15) is 0 Å². The molecule has 4 unspecified atom stereocenters. The minimum absolute atomic E-state index is 0.0113. The molecule has 0 spiro atoms. The maximum absolute atomic E-state index is 12.0. The Kier molecular flexibility index (Phi) is 4.75. The number of amides is 2. The van der Waals surface area contributed by atoms with Gasteiger partial charge in [-0.05, 0) is 32.1 Å². The molecule has 2 N–H and O–H groups in total. The summed E-state index contributed by atoms with van der Waals surface area (Å²) < 4.78 is 10.9. The number of carbonyl (C=O) groups excluding carboxylic acids is 2. The molecule has 1 saturated carbocycles. The Morgan fingerprint density at radius 1 is 0.857 bits per heavy atom. The Hall–Kier alpha value is -1.14. The molecule has 6 nitrogen and oxygen atoms in total. The second-order valence-corrected chi connectivity index (χ2v) is 6.21. The third kappa shape index (κ3) is 3.95. The summed E-state index contributed by atoms with van der Waals surface area (Å²) in [7, 11) is 0. The molecule has 1 aliphatic carbocycles. The van der Waals surface area contributed by atoms with Crippen LogP contribution in [0.25, 0.3) is 0 Å². The summed E-state index contributed by atoms with van der Waals surface area (Å²) in [5.41, 5.74) is 0. The molecule has 118 valence electrons. The average Bonchev–Trinajstić information content (AvgIpc) is 2.91. The van der Waals surface area contributed by atoms with Gasteiger partial charge in [0.2, 0.25) is 11.8 Å². The Morgan fingerprint density at radius 2 is 1.33 bits per heavy atom. The zero-order chi connectivity index (χ0) is 14.7. The van der Waals surface area contributed by atoms with Crippen molar-refractivity contribution in [3.05, 3.63) is 0 Å². The van der Waals surface area contributed by atoms with Gasteiger partial charge < -0.3 is 20.1 Å². The molecule has 21 heavy (non-hydrogen) atoms. The van der Waals surface area contributed by atoms with Crippen molar-refractivity contribution in [2.24, 2.45) is 11.8 Å². The van der Waals surface area contributed by atoms with E-state index < -0.39 is 0 Å². The molecule has 2 saturated heterocycles. The molecule has 2 aliphatic heterocycles. The van der Waals surface area contributed by atoms with E-state index in [2.05, 4.69) is 10.6 Å². The summed E-state index contributed by atoms with van der Waals surface area (Å²) in [6.07, 6.45) is 5.12. The van der Waals surface area contributed by atoms with Crippen molar-refractivity contribution in [3.8, 4) is 0 Å². The van der Waals surface area contributed by atoms with Gasteiger partial charge in [-0.25, -0.2) is 0 Å². The van der Waals surface area contributed by atoms with Crippen LogP contribution in [-0.4, -0.2) is 50.3 Å². The first-order valence-corrected chi connectivity index (χ1v) is 8.02. The van der Waals surface area contributed by atoms with E-state index in [4.69, 9.17) is 9.47 Å². The molecule has 3 aliphatic rings. The van der Waals surface area contributed by atoms with E-state index in [1.54, 1.807) is 0 Å². The first kappa shape index (κ1) is 14.8. The Bertz CT molecular complexity index is 353. The highest BCUT2D eigenvalue weighted by Crippen LogP contribution is 2.38. The zero-order valence-corrected chi connectivity index (χ0v) is 12.3. The fraction of sp³-hybridized carbons (Fsp3) is 0.867. The highest BCUT2D eigenvalue weighted by molar-refractivity contribution is 5.92. The molecular weight excluding hydrogens is 272 g/mol. The SMILES string of the molecule is O=C(NCC1CCCO1)C1CC1C(=O)NCC1CCCO1. The highest BCUT2D eigenvalue weighted by Gasteiger charge is 2.48. The number of carbonyl (C=O) groups is 2. The molecule has 0 aromatic carbocycles. The van der Waals surface area contributed by atoms with Crippen LogP contribution < -0.4 is 10.6 Å². The third-order valence-corrected chi connectivity index (χ3v) is 4.52. The Labute approximate surface area is 124 Å². The van der Waals surface area contributed by atoms with E-state index in [-0.39, 0.29) is 35.9 Å². The first-order chi connectivity index (χ1) is 10.2. The third-order valence-electron chi connectivity index (χ3n) is 4.52. The van der Waals surface area contributed by atoms with Crippen LogP contribution in [0.4, 0.5) is 0 Å². The topological polar surface area (TPSA) is 76.7 Å². The Morgan fingerprint density at radius 3 is 1.71 bits per heavy atom. The number of rotatable bonds is 6. The Balaban J connectivity index is 1.32. The highest BCUT2D eigenvalue weighted by atomic mass is 16.5. The number of hydrogen-bond donors (Lipinski definition) is 2. The van der Waals surface area contributed by atoms with E-state index in [0.29, 0.717) is 19.5 Å². The summed E-state index contributed by atoms with van der Waals surface area (Å²) in [6.45, 7) is 2.72. The van der Waals surface area contributed by atoms with E-state index in [9.17, 15) is 9.59 Å². The summed E-state index contributed by atoms with van der Waals surface area (Å²) in [5, 5.41) is 5.80. The molecular formula is C15H24N2O4. The summed E-state index contributed by atoms with van der Waals surface area (Å²) in [6, 6.07) is 0. The maximum atomic E-state index is 12.0. The molecule has 0 bridgehead atoms. The van der Waals surface area contributed by atoms with Crippen molar-refractivity contribution in [1.29, 1.82) is 0 Å². The van der Waals surface area contributed by atoms with Crippen LogP contribution in [0.3, 0.4) is 0 Å². The molecule has 6 heteroatoms. The second kappa shape index (κ2) is 6.75. The minimum Gasteiger partial charge on any atom is -0.376 e. The lowest BCUT2D eigenvalue weighted by Crippen LogP contribution is -2.36. The number of nitrogens with one attached hydrogen (secondary N) is 2. The molecule has 3 fully saturated rings. The summed E-state index contributed by atoms with van der Waals surface area (Å²) >= 11 is 0. The van der Waals surface area contributed by atoms with Crippen molar-refractivity contribution in [2.75, 3.05) is 26.3 Å². The van der Waals surface area contributed by atoms with Crippen molar-refractivity contribution < 1.29 is 19.1 Å². The number of ether oxygens (including phenoxy) is 2. The molecule has 3 rings (SSSR count). The normalized spacial score (nSPS) is 34.7. The van der Waals surface area contributed by atoms with E-state index in [0.717, 1.165) is 38.9 Å². The maximum Gasteiger partial charge on any atom is 0.224 e. The molecule has 2 heterocycles. The minimum atomic E-state index is -0.157. The van der Waals surface area contributed by atoms with Crippen molar-refractivity contribution >= 4 is 11.8 Å². The predicted molar refractivity (Wildman–Crippen MR) is 75.6 cm³/mol. The van der Waals surface area contributed by atoms with Gasteiger partial charge in [0.05, 0.1) is 24.0 Å². The fourth-order valence-electron chi connectivity index (χ4n) is 3.08. The van der Waals surface area contributed by atoms with Gasteiger partial charge in [0, 0.05) is 26.3 Å². The fourth-order valence-corrected chi connectivity index (χ4v) is 3.08. The van der Waals surface area contributed by atoms with Gasteiger partial charge in [-0.2, -0.15) is 0 Å². The first-order valence-electron chi connectivity index (χ1n) is 8.02. The van der Waals surface area contributed by atoms with Crippen LogP contribution in [0.2, 0.25) is 0 Å². The lowest BCUT2D eigenvalue weighted by Gasteiger charge is -2.11. The van der Waals surface area contributed by atoms with Crippen LogP contribution in [0.15, 0.2) is 0 Å². The predicted octanol–water partition coefficient (Wildman–Crippen LogP) is 0.213. The molecule has 0 aromatic rings. The van der Waals surface area contributed by atoms with E-state index >= 15 is 0 Å². The van der Waals surface area contributed by atoms with Crippen LogP contribution in [0.5, 0.6) is 0 Å². The zero-order valence-electron chi connectivity index (χ0n) is 12.3. The second-order valence-electron chi connectivity index (χ2n) is 6.21.